The topological polar surface area (TPSA) is 97.7 Å². The molecule has 0 aliphatic heterocycles. The van der Waals surface area contributed by atoms with E-state index in [9.17, 15) is 9.59 Å². The Bertz CT molecular complexity index is 1660. The maximum atomic E-state index is 13.4. The molecule has 0 aliphatic carbocycles. The average molecular weight is 561 g/mol. The highest BCUT2D eigenvalue weighted by Gasteiger charge is 2.18. The number of amides is 1. The van der Waals surface area contributed by atoms with Gasteiger partial charge in [0, 0.05) is 37.0 Å². The SMILES string of the molecule is CC(C)N(CCCNC(=O)CCc1nnc2n(Cc3ccccc3Cl)c(=O)c3ccccc3n12)Cc1ccco1. The molecular weight excluding hydrogens is 528 g/mol. The zero-order valence-electron chi connectivity index (χ0n) is 22.7. The van der Waals surface area contributed by atoms with Crippen molar-refractivity contribution in [2.75, 3.05) is 13.1 Å². The van der Waals surface area contributed by atoms with Gasteiger partial charge in [-0.1, -0.05) is 41.9 Å². The fourth-order valence-electron chi connectivity index (χ4n) is 4.86. The van der Waals surface area contributed by atoms with Gasteiger partial charge in [0.2, 0.25) is 11.7 Å². The molecule has 0 unspecified atom stereocenters. The predicted octanol–water partition coefficient (Wildman–Crippen LogP) is 4.69. The molecule has 0 aliphatic rings. The van der Waals surface area contributed by atoms with E-state index in [4.69, 9.17) is 16.0 Å². The van der Waals surface area contributed by atoms with Crippen molar-refractivity contribution in [1.29, 1.82) is 0 Å². The van der Waals surface area contributed by atoms with Crippen LogP contribution < -0.4 is 10.9 Å². The van der Waals surface area contributed by atoms with E-state index in [1.807, 2.05) is 52.9 Å². The quantitative estimate of drug-likeness (QED) is 0.222. The van der Waals surface area contributed by atoms with Gasteiger partial charge in [-0.3, -0.25) is 23.5 Å². The molecule has 5 rings (SSSR count). The first-order valence-electron chi connectivity index (χ1n) is 13.5. The summed E-state index contributed by atoms with van der Waals surface area (Å²) in [4.78, 5) is 28.5. The van der Waals surface area contributed by atoms with Crippen LogP contribution in [0.1, 0.15) is 43.8 Å². The van der Waals surface area contributed by atoms with Crippen molar-refractivity contribution in [3.63, 3.8) is 0 Å². The number of fused-ring (bicyclic) bond motifs is 3. The Morgan fingerprint density at radius 3 is 2.65 bits per heavy atom. The lowest BCUT2D eigenvalue weighted by molar-refractivity contribution is -0.121. The molecule has 1 N–H and O–H groups in total. The molecule has 0 fully saturated rings. The van der Waals surface area contributed by atoms with Crippen LogP contribution in [0.3, 0.4) is 0 Å². The van der Waals surface area contributed by atoms with Crippen LogP contribution in [0.4, 0.5) is 0 Å². The lowest BCUT2D eigenvalue weighted by Gasteiger charge is -2.25. The van der Waals surface area contributed by atoms with Crippen LogP contribution in [-0.4, -0.2) is 49.1 Å². The van der Waals surface area contributed by atoms with Gasteiger partial charge in [-0.25, -0.2) is 0 Å². The third-order valence-corrected chi connectivity index (χ3v) is 7.42. The van der Waals surface area contributed by atoms with Crippen molar-refractivity contribution >= 4 is 34.2 Å². The van der Waals surface area contributed by atoms with Crippen LogP contribution in [0.15, 0.2) is 76.1 Å². The first-order valence-corrected chi connectivity index (χ1v) is 13.9. The molecule has 10 heteroatoms. The maximum absolute atomic E-state index is 13.4. The Labute approximate surface area is 237 Å². The van der Waals surface area contributed by atoms with Gasteiger partial charge in [-0.05, 0) is 56.2 Å². The number of rotatable bonds is 12. The number of para-hydroxylation sites is 1. The number of hydrogen-bond donors (Lipinski definition) is 1. The van der Waals surface area contributed by atoms with Gasteiger partial charge in [0.1, 0.15) is 11.6 Å². The van der Waals surface area contributed by atoms with Gasteiger partial charge in [-0.15, -0.1) is 10.2 Å². The van der Waals surface area contributed by atoms with Crippen molar-refractivity contribution in [3.8, 4) is 0 Å². The molecule has 0 bridgehead atoms. The zero-order chi connectivity index (χ0) is 28.1. The highest BCUT2D eigenvalue weighted by molar-refractivity contribution is 6.31. The zero-order valence-corrected chi connectivity index (χ0v) is 23.5. The molecule has 0 saturated carbocycles. The van der Waals surface area contributed by atoms with Crippen molar-refractivity contribution in [2.45, 2.75) is 52.2 Å². The average Bonchev–Trinajstić information content (AvgIpc) is 3.62. The smallest absolute Gasteiger partial charge is 0.263 e. The molecule has 9 nitrogen and oxygen atoms in total. The number of carbonyl (C=O) groups is 1. The normalized spacial score (nSPS) is 11.7. The van der Waals surface area contributed by atoms with E-state index >= 15 is 0 Å². The molecule has 40 heavy (non-hydrogen) atoms. The summed E-state index contributed by atoms with van der Waals surface area (Å²) < 4.78 is 8.94. The Morgan fingerprint density at radius 2 is 1.88 bits per heavy atom. The molecule has 3 heterocycles. The Kier molecular flexibility index (Phi) is 8.62. The number of halogens is 1. The number of carbonyl (C=O) groups excluding carboxylic acids is 1. The molecule has 0 radical (unpaired) electrons. The first kappa shape index (κ1) is 27.6. The summed E-state index contributed by atoms with van der Waals surface area (Å²) in [5, 5.41) is 12.9. The Hall–Kier alpha value is -3.95. The Balaban J connectivity index is 1.26. The molecule has 1 amide bonds. The van der Waals surface area contributed by atoms with Crippen molar-refractivity contribution in [2.24, 2.45) is 0 Å². The second-order valence-corrected chi connectivity index (χ2v) is 10.5. The molecular formula is C30H33ClN6O3. The van der Waals surface area contributed by atoms with Gasteiger partial charge in [0.05, 0.1) is 30.3 Å². The lowest BCUT2D eigenvalue weighted by Crippen LogP contribution is -2.34. The minimum atomic E-state index is -0.165. The number of nitrogens with zero attached hydrogens (tertiary/aromatic N) is 5. The van der Waals surface area contributed by atoms with Gasteiger partial charge in [0.25, 0.3) is 5.56 Å². The summed E-state index contributed by atoms with van der Waals surface area (Å²) in [5.41, 5.74) is 1.36. The largest absolute Gasteiger partial charge is 0.468 e. The highest BCUT2D eigenvalue weighted by Crippen LogP contribution is 2.20. The third kappa shape index (κ3) is 6.11. The fourth-order valence-corrected chi connectivity index (χ4v) is 5.06. The highest BCUT2D eigenvalue weighted by atomic mass is 35.5. The molecule has 0 spiro atoms. The van der Waals surface area contributed by atoms with Crippen LogP contribution in [-0.2, 0) is 24.3 Å². The van der Waals surface area contributed by atoms with Gasteiger partial charge in [0.15, 0.2) is 0 Å². The molecule has 2 aromatic carbocycles. The molecule has 208 valence electrons. The van der Waals surface area contributed by atoms with E-state index in [2.05, 4.69) is 34.3 Å². The van der Waals surface area contributed by atoms with Crippen molar-refractivity contribution in [1.82, 2.24) is 29.4 Å². The number of nitrogens with one attached hydrogen (secondary N) is 1. The van der Waals surface area contributed by atoms with E-state index in [-0.39, 0.29) is 24.4 Å². The van der Waals surface area contributed by atoms with Crippen LogP contribution in [0.25, 0.3) is 16.7 Å². The number of aryl methyl sites for hydroxylation is 1. The van der Waals surface area contributed by atoms with E-state index in [0.717, 1.165) is 30.8 Å². The van der Waals surface area contributed by atoms with Crippen LogP contribution in [0.5, 0.6) is 0 Å². The van der Waals surface area contributed by atoms with Crippen molar-refractivity contribution in [3.05, 3.63) is 99.5 Å². The lowest BCUT2D eigenvalue weighted by atomic mass is 10.2. The third-order valence-electron chi connectivity index (χ3n) is 7.05. The summed E-state index contributed by atoms with van der Waals surface area (Å²) in [6.45, 7) is 6.75. The van der Waals surface area contributed by atoms with Crippen molar-refractivity contribution < 1.29 is 9.21 Å². The van der Waals surface area contributed by atoms with Gasteiger partial charge >= 0.3 is 0 Å². The molecule has 0 atom stereocenters. The summed E-state index contributed by atoms with van der Waals surface area (Å²) in [6.07, 6.45) is 3.17. The minimum absolute atomic E-state index is 0.0485. The summed E-state index contributed by atoms with van der Waals surface area (Å²) in [6, 6.07) is 19.1. The summed E-state index contributed by atoms with van der Waals surface area (Å²) in [7, 11) is 0. The van der Waals surface area contributed by atoms with E-state index in [1.165, 1.54) is 0 Å². The number of furan rings is 1. The van der Waals surface area contributed by atoms with E-state index in [0.29, 0.717) is 46.5 Å². The van der Waals surface area contributed by atoms with E-state index < -0.39 is 0 Å². The standard InChI is InChI=1S/C30H33ClN6O3/c1-21(2)35(20-23-10-7-18-40-23)17-8-16-32-28(38)15-14-27-33-34-30-36(19-22-9-3-5-12-25(22)31)29(39)24-11-4-6-13-26(24)37(27)30/h3-7,9-13,18,21H,8,14-17,19-20H2,1-2H3,(H,32,38). The fraction of sp³-hybridized carbons (Fsp3) is 0.333. The second-order valence-electron chi connectivity index (χ2n) is 10.1. The first-order chi connectivity index (χ1) is 19.4. The second kappa shape index (κ2) is 12.5. The molecule has 0 saturated heterocycles. The maximum Gasteiger partial charge on any atom is 0.263 e. The molecule has 5 aromatic rings. The minimum Gasteiger partial charge on any atom is -0.468 e. The number of hydrogen-bond acceptors (Lipinski definition) is 6. The molecule has 3 aromatic heterocycles. The van der Waals surface area contributed by atoms with Crippen LogP contribution >= 0.6 is 11.6 Å². The van der Waals surface area contributed by atoms with E-state index in [1.54, 1.807) is 23.0 Å². The van der Waals surface area contributed by atoms with Crippen LogP contribution in [0, 0.1) is 0 Å². The predicted molar refractivity (Wildman–Crippen MR) is 156 cm³/mol. The monoisotopic (exact) mass is 560 g/mol. The van der Waals surface area contributed by atoms with Gasteiger partial charge < -0.3 is 9.73 Å². The number of benzene rings is 2. The van der Waals surface area contributed by atoms with Gasteiger partial charge in [-0.2, -0.15) is 0 Å². The number of aromatic nitrogens is 4. The van der Waals surface area contributed by atoms with Crippen LogP contribution in [0.2, 0.25) is 5.02 Å². The summed E-state index contributed by atoms with van der Waals surface area (Å²) >= 11 is 6.39. The summed E-state index contributed by atoms with van der Waals surface area (Å²) in [5.74, 6) is 1.93. The Morgan fingerprint density at radius 1 is 1.07 bits per heavy atom.